The van der Waals surface area contributed by atoms with Gasteiger partial charge in [0.25, 0.3) is 0 Å². The molecule has 0 amide bonds. The molecule has 1 fully saturated rings. The Morgan fingerprint density at radius 3 is 2.14 bits per heavy atom. The minimum atomic E-state index is -1.08. The van der Waals surface area contributed by atoms with Gasteiger partial charge in [-0.2, -0.15) is 0 Å². The second-order valence-corrected chi connectivity index (χ2v) is 8.35. The quantitative estimate of drug-likeness (QED) is 0.251. The fourth-order valence-corrected chi connectivity index (χ4v) is 3.51. The molecular weight excluding hydrogens is 490 g/mol. The van der Waals surface area contributed by atoms with Crippen molar-refractivity contribution in [2.45, 2.75) is 77.5 Å². The number of carbonyl (C=O) groups is 4. The van der Waals surface area contributed by atoms with Crippen molar-refractivity contribution in [2.24, 2.45) is 5.73 Å². The highest BCUT2D eigenvalue weighted by molar-refractivity contribution is 5.76. The average Bonchev–Trinajstić information content (AvgIpc) is 2.85. The summed E-state index contributed by atoms with van der Waals surface area (Å²) in [4.78, 5) is 47.8. The Bertz CT molecular complexity index is 914. The second kappa shape index (κ2) is 15.5. The first-order valence-electron chi connectivity index (χ1n) is 12.3. The van der Waals surface area contributed by atoms with Gasteiger partial charge in [-0.25, -0.2) is 14.4 Å². The molecule has 1 aromatic carbocycles. The van der Waals surface area contributed by atoms with E-state index < -0.39 is 36.6 Å². The summed E-state index contributed by atoms with van der Waals surface area (Å²) < 4.78 is 35.2. The first kappa shape index (κ1) is 29.7. The Labute approximate surface area is 215 Å². The minimum absolute atomic E-state index is 0.00893. The van der Waals surface area contributed by atoms with Gasteiger partial charge in [-0.05, 0) is 70.6 Å². The third kappa shape index (κ3) is 10.9. The van der Waals surface area contributed by atoms with Gasteiger partial charge in [0.1, 0.15) is 24.9 Å². The van der Waals surface area contributed by atoms with Crippen LogP contribution < -0.4 is 15.2 Å². The molecule has 0 bridgehead atoms. The van der Waals surface area contributed by atoms with Crippen LogP contribution in [0.5, 0.6) is 11.5 Å². The fraction of sp³-hybridized carbons (Fsp3) is 0.600. The molecule has 1 aromatic rings. The monoisotopic (exact) mass is 525 g/mol. The van der Waals surface area contributed by atoms with Gasteiger partial charge in [-0.15, -0.1) is 0 Å². The normalized spacial score (nSPS) is 15.0. The van der Waals surface area contributed by atoms with Gasteiger partial charge < -0.3 is 38.9 Å². The molecule has 0 aliphatic heterocycles. The molecule has 0 unspecified atom stereocenters. The summed E-state index contributed by atoms with van der Waals surface area (Å²) in [6.45, 7) is 4.75. The topological polar surface area (TPSA) is 159 Å². The summed E-state index contributed by atoms with van der Waals surface area (Å²) in [5.74, 6) is -0.934. The lowest BCUT2D eigenvalue weighted by atomic mass is 9.98. The van der Waals surface area contributed by atoms with Gasteiger partial charge in [-0.3, -0.25) is 4.79 Å². The van der Waals surface area contributed by atoms with Crippen molar-refractivity contribution >= 4 is 24.4 Å². The zero-order valence-electron chi connectivity index (χ0n) is 21.4. The van der Waals surface area contributed by atoms with Crippen LogP contribution in [-0.2, 0) is 34.9 Å². The molecular formula is C25H35NO11. The van der Waals surface area contributed by atoms with Crippen LogP contribution >= 0.6 is 0 Å². The SMILES string of the molecule is CCOC(=O)Oc1ccc(C[C@H](N)C(=O)O[C@@H](C)COC(=O)OC2CCCCC2)cc1OC(=O)OCC. The number of ether oxygens (including phenoxy) is 7. The summed E-state index contributed by atoms with van der Waals surface area (Å²) >= 11 is 0. The van der Waals surface area contributed by atoms with Gasteiger partial charge >= 0.3 is 24.4 Å². The average molecular weight is 526 g/mol. The number of benzene rings is 1. The van der Waals surface area contributed by atoms with Crippen molar-refractivity contribution in [3.05, 3.63) is 23.8 Å². The van der Waals surface area contributed by atoms with Crippen molar-refractivity contribution in [3.63, 3.8) is 0 Å². The van der Waals surface area contributed by atoms with E-state index in [1.54, 1.807) is 20.8 Å². The molecule has 2 N–H and O–H groups in total. The fourth-order valence-electron chi connectivity index (χ4n) is 3.51. The van der Waals surface area contributed by atoms with Crippen LogP contribution in [0.25, 0.3) is 0 Å². The van der Waals surface area contributed by atoms with E-state index in [2.05, 4.69) is 0 Å². The lowest BCUT2D eigenvalue weighted by Crippen LogP contribution is -2.37. The lowest BCUT2D eigenvalue weighted by molar-refractivity contribution is -0.152. The van der Waals surface area contributed by atoms with Gasteiger partial charge in [0.05, 0.1) is 13.2 Å². The molecule has 37 heavy (non-hydrogen) atoms. The smallest absolute Gasteiger partial charge is 0.458 e. The van der Waals surface area contributed by atoms with E-state index in [1.165, 1.54) is 18.2 Å². The van der Waals surface area contributed by atoms with Crippen molar-refractivity contribution in [1.82, 2.24) is 0 Å². The summed E-state index contributed by atoms with van der Waals surface area (Å²) in [5.41, 5.74) is 6.48. The Kier molecular flexibility index (Phi) is 12.5. The molecule has 1 aliphatic rings. The van der Waals surface area contributed by atoms with E-state index in [9.17, 15) is 19.2 Å². The van der Waals surface area contributed by atoms with Crippen LogP contribution in [0.1, 0.15) is 58.4 Å². The summed E-state index contributed by atoms with van der Waals surface area (Å²) in [7, 11) is 0. The predicted molar refractivity (Wildman–Crippen MR) is 128 cm³/mol. The van der Waals surface area contributed by atoms with Crippen molar-refractivity contribution in [2.75, 3.05) is 19.8 Å². The molecule has 12 heteroatoms. The maximum atomic E-state index is 12.4. The molecule has 0 spiro atoms. The molecule has 0 radical (unpaired) electrons. The van der Waals surface area contributed by atoms with Crippen LogP contribution in [-0.4, -0.2) is 62.5 Å². The standard InChI is InChI=1S/C25H35NO11/c1-4-31-23(28)36-20-12-11-17(14-21(20)37-24(29)32-5-2)13-19(26)22(27)34-16(3)15-33-25(30)35-18-9-7-6-8-10-18/h11-12,14,16,18-19H,4-10,13,15,26H2,1-3H3/t16-,19-/m0/s1. The maximum Gasteiger partial charge on any atom is 0.513 e. The highest BCUT2D eigenvalue weighted by Gasteiger charge is 2.23. The third-order valence-corrected chi connectivity index (χ3v) is 5.25. The lowest BCUT2D eigenvalue weighted by Gasteiger charge is -2.22. The second-order valence-electron chi connectivity index (χ2n) is 8.35. The molecule has 2 rings (SSSR count). The number of esters is 1. The zero-order valence-corrected chi connectivity index (χ0v) is 21.4. The Balaban J connectivity index is 1.90. The number of hydrogen-bond donors (Lipinski definition) is 1. The minimum Gasteiger partial charge on any atom is -0.458 e. The van der Waals surface area contributed by atoms with E-state index in [0.717, 1.165) is 32.1 Å². The molecule has 0 heterocycles. The van der Waals surface area contributed by atoms with Crippen molar-refractivity contribution < 1.29 is 52.3 Å². The van der Waals surface area contributed by atoms with E-state index in [4.69, 9.17) is 38.9 Å². The maximum absolute atomic E-state index is 12.4. The molecule has 1 saturated carbocycles. The molecule has 0 saturated heterocycles. The van der Waals surface area contributed by atoms with Crippen LogP contribution in [0.3, 0.4) is 0 Å². The van der Waals surface area contributed by atoms with Crippen molar-refractivity contribution in [1.29, 1.82) is 0 Å². The number of carbonyl (C=O) groups excluding carboxylic acids is 4. The summed E-state index contributed by atoms with van der Waals surface area (Å²) in [6, 6.07) is 3.21. The highest BCUT2D eigenvalue weighted by Crippen LogP contribution is 2.30. The Hall–Kier alpha value is -3.54. The predicted octanol–water partition coefficient (Wildman–Crippen LogP) is 4.04. The van der Waals surface area contributed by atoms with E-state index in [-0.39, 0.29) is 43.8 Å². The van der Waals surface area contributed by atoms with Crippen LogP contribution in [0, 0.1) is 0 Å². The van der Waals surface area contributed by atoms with Crippen LogP contribution in [0.15, 0.2) is 18.2 Å². The molecule has 1 aliphatic carbocycles. The van der Waals surface area contributed by atoms with Crippen molar-refractivity contribution in [3.8, 4) is 11.5 Å². The highest BCUT2D eigenvalue weighted by atomic mass is 16.7. The summed E-state index contributed by atoms with van der Waals surface area (Å²) in [5, 5.41) is 0. The van der Waals surface area contributed by atoms with Gasteiger partial charge in [-0.1, -0.05) is 12.5 Å². The third-order valence-electron chi connectivity index (χ3n) is 5.25. The first-order chi connectivity index (χ1) is 17.7. The number of hydrogen-bond acceptors (Lipinski definition) is 12. The summed E-state index contributed by atoms with van der Waals surface area (Å²) in [6.07, 6.45) is 1.13. The molecule has 0 aromatic heterocycles. The Morgan fingerprint density at radius 2 is 1.51 bits per heavy atom. The van der Waals surface area contributed by atoms with E-state index in [0.29, 0.717) is 5.56 Å². The van der Waals surface area contributed by atoms with Gasteiger partial charge in [0.15, 0.2) is 11.5 Å². The van der Waals surface area contributed by atoms with Gasteiger partial charge in [0, 0.05) is 0 Å². The number of rotatable bonds is 11. The van der Waals surface area contributed by atoms with Gasteiger partial charge in [0.2, 0.25) is 0 Å². The first-order valence-corrected chi connectivity index (χ1v) is 12.3. The van der Waals surface area contributed by atoms with Crippen LogP contribution in [0.4, 0.5) is 14.4 Å². The van der Waals surface area contributed by atoms with E-state index in [1.807, 2.05) is 0 Å². The Morgan fingerprint density at radius 1 is 0.892 bits per heavy atom. The molecule has 12 nitrogen and oxygen atoms in total. The zero-order chi connectivity index (χ0) is 27.2. The number of nitrogens with two attached hydrogens (primary N) is 1. The molecule has 2 atom stereocenters. The molecule has 206 valence electrons. The van der Waals surface area contributed by atoms with E-state index >= 15 is 0 Å². The largest absolute Gasteiger partial charge is 0.513 e. The van der Waals surface area contributed by atoms with Crippen LogP contribution in [0.2, 0.25) is 0 Å².